The molecule has 1 aromatic rings. The molecule has 0 aliphatic carbocycles. The van der Waals surface area contributed by atoms with E-state index in [1.54, 1.807) is 6.07 Å². The maximum absolute atomic E-state index is 8.65. The summed E-state index contributed by atoms with van der Waals surface area (Å²) in [4.78, 5) is 0. The number of hydrogen-bond donors (Lipinski definition) is 2. The molecule has 0 fully saturated rings. The van der Waals surface area contributed by atoms with E-state index >= 15 is 0 Å². The zero-order chi connectivity index (χ0) is 5.98. The molecule has 0 aliphatic heterocycles. The summed E-state index contributed by atoms with van der Waals surface area (Å²) >= 11 is 0. The van der Waals surface area contributed by atoms with Crippen LogP contribution >= 0.6 is 0 Å². The van der Waals surface area contributed by atoms with Gasteiger partial charge in [0.25, 0.3) is 0 Å². The first-order valence-electron chi connectivity index (χ1n) is 2.27. The molecule has 44 valence electrons. The van der Waals surface area contributed by atoms with Crippen molar-refractivity contribution in [2.24, 2.45) is 0 Å². The maximum atomic E-state index is 8.65. The maximum Gasteiger partial charge on any atom is 0.119 e. The van der Waals surface area contributed by atoms with Gasteiger partial charge in [-0.15, -0.1) is 0 Å². The second-order valence-corrected chi connectivity index (χ2v) is 1.52. The Balaban J connectivity index is 0. The van der Waals surface area contributed by atoms with E-state index in [0.29, 0.717) is 0 Å². The first kappa shape index (κ1) is 13.4. The topological polar surface area (TPSA) is 40.5 Å². The van der Waals surface area contributed by atoms with Crippen LogP contribution in [0.15, 0.2) is 24.3 Å². The zero-order valence-electron chi connectivity index (χ0n) is 6.20. The normalized spacial score (nSPS) is 7.20. The summed E-state index contributed by atoms with van der Waals surface area (Å²) < 4.78 is 0. The average Bonchev–Trinajstić information content (AvgIpc) is 1.64. The molecule has 0 spiro atoms. The zero-order valence-corrected chi connectivity index (χ0v) is 10.2. The van der Waals surface area contributed by atoms with E-state index in [2.05, 4.69) is 0 Å². The molecule has 0 atom stereocenters. The van der Waals surface area contributed by atoms with Crippen LogP contribution in [-0.2, 0) is 0 Å². The molecule has 0 unspecified atom stereocenters. The molecule has 2 nitrogen and oxygen atoms in total. The summed E-state index contributed by atoms with van der Waals surface area (Å²) in [5.74, 6) is 0.176. The van der Waals surface area contributed by atoms with Crippen molar-refractivity contribution >= 4 is 59.1 Å². The number of hydrogen-bond acceptors (Lipinski definition) is 2. The van der Waals surface area contributed by atoms with Crippen LogP contribution in [0.4, 0.5) is 0 Å². The monoisotopic (exact) mass is 156 g/mol. The smallest absolute Gasteiger partial charge is 0.119 e. The molecule has 0 saturated heterocycles. The van der Waals surface area contributed by atoms with Crippen molar-refractivity contribution in [1.82, 2.24) is 0 Å². The van der Waals surface area contributed by atoms with E-state index in [9.17, 15) is 0 Å². The van der Waals surface area contributed by atoms with Crippen LogP contribution < -0.4 is 0 Å². The number of phenols is 2. The second kappa shape index (κ2) is 6.53. The molecule has 1 rings (SSSR count). The Morgan fingerprint density at radius 2 is 1.30 bits per heavy atom. The summed E-state index contributed by atoms with van der Waals surface area (Å²) in [6.45, 7) is 0. The summed E-state index contributed by atoms with van der Waals surface area (Å²) in [6, 6.07) is 5.85. The van der Waals surface area contributed by atoms with Crippen LogP contribution in [0.2, 0.25) is 0 Å². The Labute approximate surface area is 104 Å². The summed E-state index contributed by atoms with van der Waals surface area (Å²) in [5.41, 5.74) is 0. The quantitative estimate of drug-likeness (QED) is 0.531. The Bertz CT molecular complexity index is 174. The van der Waals surface area contributed by atoms with Crippen LogP contribution in [0, 0.1) is 0 Å². The molecule has 0 bridgehead atoms. The standard InChI is InChI=1S/C6H6O2.2Na/c7-5-2-1-3-6(8)4-5;;/h1-4,7-8H;;. The van der Waals surface area contributed by atoms with Crippen LogP contribution in [0.1, 0.15) is 0 Å². The van der Waals surface area contributed by atoms with Gasteiger partial charge in [0.15, 0.2) is 0 Å². The third-order valence-electron chi connectivity index (χ3n) is 0.830. The predicted molar refractivity (Wildman–Crippen MR) is 41.3 cm³/mol. The molecule has 0 aliphatic rings. The third-order valence-corrected chi connectivity index (χ3v) is 0.830. The van der Waals surface area contributed by atoms with Gasteiger partial charge < -0.3 is 10.2 Å². The van der Waals surface area contributed by atoms with Crippen molar-refractivity contribution in [2.45, 2.75) is 0 Å². The van der Waals surface area contributed by atoms with Crippen LogP contribution in [-0.4, -0.2) is 69.3 Å². The number of aromatic hydroxyl groups is 2. The fourth-order valence-electron chi connectivity index (χ4n) is 0.493. The largest absolute Gasteiger partial charge is 0.508 e. The molecule has 0 heterocycles. The minimum absolute atomic E-state index is 0. The number of benzene rings is 1. The first-order chi connectivity index (χ1) is 3.79. The SMILES string of the molecule is Oc1cccc(O)c1.[Na].[Na]. The van der Waals surface area contributed by atoms with Crippen molar-refractivity contribution < 1.29 is 10.2 Å². The Morgan fingerprint density at radius 1 is 0.900 bits per heavy atom. The Kier molecular flexibility index (Phi) is 8.75. The van der Waals surface area contributed by atoms with E-state index in [1.165, 1.54) is 18.2 Å². The van der Waals surface area contributed by atoms with Crippen molar-refractivity contribution in [3.05, 3.63) is 24.3 Å². The second-order valence-electron chi connectivity index (χ2n) is 1.52. The third kappa shape index (κ3) is 4.61. The summed E-state index contributed by atoms with van der Waals surface area (Å²) in [7, 11) is 0. The van der Waals surface area contributed by atoms with Gasteiger partial charge in [0, 0.05) is 65.2 Å². The van der Waals surface area contributed by atoms with Crippen molar-refractivity contribution in [3.63, 3.8) is 0 Å². The minimum Gasteiger partial charge on any atom is -0.508 e. The molecular weight excluding hydrogens is 150 g/mol. The number of phenolic OH excluding ortho intramolecular Hbond substituents is 2. The van der Waals surface area contributed by atoms with Gasteiger partial charge in [0.2, 0.25) is 0 Å². The fourth-order valence-corrected chi connectivity index (χ4v) is 0.493. The van der Waals surface area contributed by atoms with Crippen molar-refractivity contribution in [2.75, 3.05) is 0 Å². The van der Waals surface area contributed by atoms with Gasteiger partial charge in [-0.2, -0.15) is 0 Å². The summed E-state index contributed by atoms with van der Waals surface area (Å²) in [6.07, 6.45) is 0. The molecular formula is C6H6Na2O2. The molecule has 2 radical (unpaired) electrons. The van der Waals surface area contributed by atoms with E-state index in [4.69, 9.17) is 10.2 Å². The molecule has 4 heteroatoms. The van der Waals surface area contributed by atoms with Crippen LogP contribution in [0.25, 0.3) is 0 Å². The average molecular weight is 156 g/mol. The van der Waals surface area contributed by atoms with Crippen LogP contribution in [0.3, 0.4) is 0 Å². The molecule has 10 heavy (non-hydrogen) atoms. The fraction of sp³-hybridized carbons (Fsp3) is 0. The van der Waals surface area contributed by atoms with Gasteiger partial charge in [-0.3, -0.25) is 0 Å². The van der Waals surface area contributed by atoms with Crippen LogP contribution in [0.5, 0.6) is 11.5 Å². The van der Waals surface area contributed by atoms with Gasteiger partial charge in [-0.25, -0.2) is 0 Å². The van der Waals surface area contributed by atoms with Gasteiger partial charge in [-0.05, 0) is 12.1 Å². The molecule has 0 saturated carbocycles. The Hall–Kier alpha value is 0.820. The van der Waals surface area contributed by atoms with Gasteiger partial charge in [-0.1, -0.05) is 6.07 Å². The van der Waals surface area contributed by atoms with E-state index in [1.807, 2.05) is 0 Å². The molecule has 2 N–H and O–H groups in total. The Morgan fingerprint density at radius 3 is 1.50 bits per heavy atom. The molecule has 0 amide bonds. The molecule has 1 aromatic carbocycles. The summed E-state index contributed by atoms with van der Waals surface area (Å²) in [5, 5.41) is 17.3. The molecule has 0 aromatic heterocycles. The van der Waals surface area contributed by atoms with Crippen molar-refractivity contribution in [3.8, 4) is 11.5 Å². The van der Waals surface area contributed by atoms with E-state index in [-0.39, 0.29) is 70.6 Å². The van der Waals surface area contributed by atoms with Crippen molar-refractivity contribution in [1.29, 1.82) is 0 Å². The first-order valence-corrected chi connectivity index (χ1v) is 2.27. The minimum atomic E-state index is 0. The van der Waals surface area contributed by atoms with E-state index < -0.39 is 0 Å². The predicted octanol–water partition coefficient (Wildman–Crippen LogP) is 0.336. The number of rotatable bonds is 0. The van der Waals surface area contributed by atoms with Gasteiger partial charge >= 0.3 is 0 Å². The van der Waals surface area contributed by atoms with E-state index in [0.717, 1.165) is 0 Å². The van der Waals surface area contributed by atoms with Gasteiger partial charge in [0.1, 0.15) is 11.5 Å². The van der Waals surface area contributed by atoms with Gasteiger partial charge in [0.05, 0.1) is 0 Å².